The van der Waals surface area contributed by atoms with Gasteiger partial charge in [0.05, 0.1) is 4.91 Å². The Kier molecular flexibility index (Phi) is 3.59. The molecule has 4 rings (SSSR count). The van der Waals surface area contributed by atoms with Gasteiger partial charge in [-0.05, 0) is 23.8 Å². The van der Waals surface area contributed by atoms with Crippen LogP contribution >= 0.6 is 24.0 Å². The number of nitrogens with one attached hydrogen (secondary N) is 1. The Morgan fingerprint density at radius 3 is 2.75 bits per heavy atom. The van der Waals surface area contributed by atoms with Gasteiger partial charge in [0.15, 0.2) is 0 Å². The highest BCUT2D eigenvalue weighted by Gasteiger charge is 2.22. The lowest BCUT2D eigenvalue weighted by Gasteiger charge is -2.02. The molecule has 3 aromatic rings. The maximum absolute atomic E-state index is 11.8. The maximum Gasteiger partial charge on any atom is 0.263 e. The van der Waals surface area contributed by atoms with E-state index >= 15 is 0 Å². The summed E-state index contributed by atoms with van der Waals surface area (Å²) < 4.78 is 6.35. The fourth-order valence-corrected chi connectivity index (χ4v) is 3.47. The van der Waals surface area contributed by atoms with Crippen molar-refractivity contribution in [3.05, 3.63) is 53.4 Å². The number of carbonyl (C=O) groups excluding carboxylic acids is 1. The highest BCUT2D eigenvalue weighted by molar-refractivity contribution is 8.26. The first-order valence-corrected chi connectivity index (χ1v) is 8.24. The Hall–Kier alpha value is -2.64. The van der Waals surface area contributed by atoms with Crippen LogP contribution in [0, 0.1) is 0 Å². The number of aromatic hydroxyl groups is 1. The predicted octanol–water partition coefficient (Wildman–Crippen LogP) is 3.69. The molecule has 118 valence electrons. The van der Waals surface area contributed by atoms with E-state index in [-0.39, 0.29) is 11.7 Å². The number of phenolic OH excluding ortho intramolecular Hbond substituents is 1. The number of hydrogen-bond donors (Lipinski definition) is 2. The first-order chi connectivity index (χ1) is 11.6. The zero-order chi connectivity index (χ0) is 16.7. The number of nitrogens with zero attached hydrogens (tertiary/aromatic N) is 1. The molecule has 1 aliphatic rings. The number of pyridine rings is 1. The molecule has 1 aromatic carbocycles. The molecular formula is C17H10N2O3S2. The average molecular weight is 354 g/mol. The van der Waals surface area contributed by atoms with Gasteiger partial charge < -0.3 is 14.8 Å². The van der Waals surface area contributed by atoms with Crippen LogP contribution in [0.4, 0.5) is 0 Å². The van der Waals surface area contributed by atoms with E-state index in [1.807, 2.05) is 6.07 Å². The van der Waals surface area contributed by atoms with Crippen LogP contribution in [-0.4, -0.2) is 20.3 Å². The second-order valence-electron chi connectivity index (χ2n) is 5.15. The summed E-state index contributed by atoms with van der Waals surface area (Å²) in [5, 5.41) is 12.8. The van der Waals surface area contributed by atoms with Gasteiger partial charge in [-0.2, -0.15) is 0 Å². The molecule has 2 aromatic heterocycles. The van der Waals surface area contributed by atoms with Crippen LogP contribution in [0.2, 0.25) is 0 Å². The van der Waals surface area contributed by atoms with Gasteiger partial charge in [-0.25, -0.2) is 0 Å². The minimum atomic E-state index is -0.220. The van der Waals surface area contributed by atoms with Crippen molar-refractivity contribution in [3.63, 3.8) is 0 Å². The molecule has 0 radical (unpaired) electrons. The van der Waals surface area contributed by atoms with Crippen LogP contribution in [0.25, 0.3) is 28.2 Å². The zero-order valence-electron chi connectivity index (χ0n) is 12.1. The third kappa shape index (κ3) is 2.68. The molecule has 5 nitrogen and oxygen atoms in total. The summed E-state index contributed by atoms with van der Waals surface area (Å²) in [5.41, 5.74) is 2.37. The number of fused-ring (bicyclic) bond motifs is 1. The molecule has 0 spiro atoms. The molecule has 1 aliphatic heterocycles. The summed E-state index contributed by atoms with van der Waals surface area (Å²) in [5.74, 6) is 0.534. The Bertz CT molecular complexity index is 1010. The largest absolute Gasteiger partial charge is 0.508 e. The first-order valence-electron chi connectivity index (χ1n) is 7.02. The van der Waals surface area contributed by atoms with Crippen molar-refractivity contribution in [3.8, 4) is 16.9 Å². The Morgan fingerprint density at radius 1 is 1.25 bits per heavy atom. The Morgan fingerprint density at radius 2 is 2.04 bits per heavy atom. The fraction of sp³-hybridized carbons (Fsp3) is 0. The van der Waals surface area contributed by atoms with Crippen molar-refractivity contribution in [1.82, 2.24) is 10.3 Å². The number of thiocarbonyl (C=S) groups is 1. The third-order valence-electron chi connectivity index (χ3n) is 3.54. The molecule has 24 heavy (non-hydrogen) atoms. The number of thioether (sulfide) groups is 1. The third-order valence-corrected chi connectivity index (χ3v) is 4.70. The SMILES string of the molecule is O=C1NC(=S)SC1=Cc1cc2cncc(-c3ccc(O)cc3)c2o1. The fourth-order valence-electron chi connectivity index (χ4n) is 2.45. The van der Waals surface area contributed by atoms with Crippen molar-refractivity contribution in [1.29, 1.82) is 0 Å². The minimum Gasteiger partial charge on any atom is -0.508 e. The lowest BCUT2D eigenvalue weighted by atomic mass is 10.1. The standard InChI is InChI=1S/C17H10N2O3S2/c20-11-3-1-9(2-4-11)13-8-18-7-10-5-12(22-15(10)13)6-14-16(21)19-17(23)24-14/h1-8,20H,(H,19,21,23). The van der Waals surface area contributed by atoms with Crippen molar-refractivity contribution < 1.29 is 14.3 Å². The van der Waals surface area contributed by atoms with E-state index < -0.39 is 0 Å². The van der Waals surface area contributed by atoms with Crippen molar-refractivity contribution in [2.45, 2.75) is 0 Å². The molecule has 0 unspecified atom stereocenters. The van der Waals surface area contributed by atoms with E-state index in [0.29, 0.717) is 20.6 Å². The van der Waals surface area contributed by atoms with Crippen molar-refractivity contribution >= 4 is 51.3 Å². The summed E-state index contributed by atoms with van der Waals surface area (Å²) >= 11 is 6.19. The summed E-state index contributed by atoms with van der Waals surface area (Å²) in [6.45, 7) is 0. The average Bonchev–Trinajstić information content (AvgIpc) is 3.10. The molecule has 1 fully saturated rings. The number of hydrogen-bond acceptors (Lipinski definition) is 6. The lowest BCUT2D eigenvalue weighted by Crippen LogP contribution is -2.17. The molecular weight excluding hydrogens is 344 g/mol. The van der Waals surface area contributed by atoms with E-state index in [4.69, 9.17) is 16.6 Å². The maximum atomic E-state index is 11.8. The van der Waals surface area contributed by atoms with E-state index in [1.54, 1.807) is 42.7 Å². The van der Waals surface area contributed by atoms with Crippen LogP contribution in [0.15, 0.2) is 52.0 Å². The number of furan rings is 1. The zero-order valence-corrected chi connectivity index (χ0v) is 13.8. The van der Waals surface area contributed by atoms with Gasteiger partial charge in [0.25, 0.3) is 5.91 Å². The van der Waals surface area contributed by atoms with Crippen LogP contribution in [0.5, 0.6) is 5.75 Å². The van der Waals surface area contributed by atoms with Crippen molar-refractivity contribution in [2.75, 3.05) is 0 Å². The van der Waals surface area contributed by atoms with Crippen LogP contribution in [-0.2, 0) is 4.79 Å². The van der Waals surface area contributed by atoms with Gasteiger partial charge in [-0.3, -0.25) is 9.78 Å². The van der Waals surface area contributed by atoms with Crippen LogP contribution in [0.3, 0.4) is 0 Å². The number of carbonyl (C=O) groups is 1. The quantitative estimate of drug-likeness (QED) is 0.540. The molecule has 2 N–H and O–H groups in total. The van der Waals surface area contributed by atoms with E-state index in [9.17, 15) is 9.90 Å². The summed E-state index contributed by atoms with van der Waals surface area (Å²) in [6.07, 6.45) is 5.08. The molecule has 1 saturated heterocycles. The summed E-state index contributed by atoms with van der Waals surface area (Å²) in [6, 6.07) is 8.64. The van der Waals surface area contributed by atoms with Gasteiger partial charge >= 0.3 is 0 Å². The van der Waals surface area contributed by atoms with Crippen LogP contribution in [0.1, 0.15) is 5.76 Å². The van der Waals surface area contributed by atoms with E-state index in [1.165, 1.54) is 11.8 Å². The van der Waals surface area contributed by atoms with Gasteiger partial charge in [0.2, 0.25) is 0 Å². The smallest absolute Gasteiger partial charge is 0.263 e. The number of amides is 1. The number of rotatable bonds is 2. The second-order valence-corrected chi connectivity index (χ2v) is 6.87. The van der Waals surface area contributed by atoms with Crippen LogP contribution < -0.4 is 5.32 Å². The predicted molar refractivity (Wildman–Crippen MR) is 97.4 cm³/mol. The molecule has 0 aliphatic carbocycles. The topological polar surface area (TPSA) is 75.4 Å². The molecule has 3 heterocycles. The molecule has 0 saturated carbocycles. The van der Waals surface area contributed by atoms with Gasteiger partial charge in [-0.1, -0.05) is 36.1 Å². The summed E-state index contributed by atoms with van der Waals surface area (Å²) in [4.78, 5) is 16.5. The van der Waals surface area contributed by atoms with Gasteiger partial charge in [0, 0.05) is 29.4 Å². The summed E-state index contributed by atoms with van der Waals surface area (Å²) in [7, 11) is 0. The van der Waals surface area contributed by atoms with E-state index in [0.717, 1.165) is 16.5 Å². The number of aromatic nitrogens is 1. The van der Waals surface area contributed by atoms with Crippen molar-refractivity contribution in [2.24, 2.45) is 0 Å². The molecule has 1 amide bonds. The normalized spacial score (nSPS) is 16.1. The van der Waals surface area contributed by atoms with E-state index in [2.05, 4.69) is 10.3 Å². The molecule has 7 heteroatoms. The first kappa shape index (κ1) is 14.9. The molecule has 0 atom stereocenters. The minimum absolute atomic E-state index is 0.198. The Labute approximate surface area is 146 Å². The highest BCUT2D eigenvalue weighted by Crippen LogP contribution is 2.33. The Balaban J connectivity index is 1.80. The monoisotopic (exact) mass is 354 g/mol. The van der Waals surface area contributed by atoms with Gasteiger partial charge in [-0.15, -0.1) is 0 Å². The number of benzene rings is 1. The number of phenols is 1. The lowest BCUT2D eigenvalue weighted by molar-refractivity contribution is -0.115. The highest BCUT2D eigenvalue weighted by atomic mass is 32.2. The molecule has 0 bridgehead atoms. The second kappa shape index (κ2) is 5.77. The van der Waals surface area contributed by atoms with Gasteiger partial charge in [0.1, 0.15) is 21.4 Å².